The summed E-state index contributed by atoms with van der Waals surface area (Å²) in [5.74, 6) is -0.285. The van der Waals surface area contributed by atoms with Gasteiger partial charge in [0.2, 0.25) is 0 Å². The lowest BCUT2D eigenvalue weighted by atomic mass is 9.82. The van der Waals surface area contributed by atoms with Crippen molar-refractivity contribution in [2.24, 2.45) is 0 Å². The summed E-state index contributed by atoms with van der Waals surface area (Å²) in [7, 11) is 1.43. The van der Waals surface area contributed by atoms with Crippen molar-refractivity contribution < 1.29 is 9.53 Å². The van der Waals surface area contributed by atoms with Crippen molar-refractivity contribution in [1.29, 1.82) is 0 Å². The normalized spacial score (nSPS) is 12.8. The van der Waals surface area contributed by atoms with E-state index >= 15 is 0 Å². The van der Waals surface area contributed by atoms with E-state index in [0.29, 0.717) is 5.56 Å². The third-order valence-corrected chi connectivity index (χ3v) is 5.87. The van der Waals surface area contributed by atoms with Crippen molar-refractivity contribution in [1.82, 2.24) is 0 Å². The molecular weight excluding hydrogens is 392 g/mol. The Hall–Kier alpha value is -2.61. The largest absolute Gasteiger partial charge is 0.465 e. The summed E-state index contributed by atoms with van der Waals surface area (Å²) in [6.45, 7) is 9.08. The van der Waals surface area contributed by atoms with Gasteiger partial charge in [0.05, 0.1) is 12.7 Å². The highest BCUT2D eigenvalue weighted by Gasteiger charge is 2.18. The van der Waals surface area contributed by atoms with Gasteiger partial charge in [-0.05, 0) is 71.2 Å². The van der Waals surface area contributed by atoms with Crippen LogP contribution in [0.1, 0.15) is 101 Å². The molecular formula is C30H40O2. The number of rotatable bonds is 12. The smallest absolute Gasteiger partial charge is 0.337 e. The molecule has 2 nitrogen and oxygen atoms in total. The highest BCUT2D eigenvalue weighted by Crippen LogP contribution is 2.38. The number of benzene rings is 2. The van der Waals surface area contributed by atoms with Gasteiger partial charge in [0.25, 0.3) is 0 Å². The Morgan fingerprint density at radius 3 is 1.41 bits per heavy atom. The number of ether oxygens (including phenoxy) is 1. The molecule has 0 aliphatic rings. The van der Waals surface area contributed by atoms with E-state index in [9.17, 15) is 4.79 Å². The van der Waals surface area contributed by atoms with Gasteiger partial charge in [-0.25, -0.2) is 4.79 Å². The van der Waals surface area contributed by atoms with Gasteiger partial charge in [-0.2, -0.15) is 0 Å². The topological polar surface area (TPSA) is 26.3 Å². The maximum Gasteiger partial charge on any atom is 0.337 e. The van der Waals surface area contributed by atoms with Crippen molar-refractivity contribution in [3.63, 3.8) is 0 Å². The minimum absolute atomic E-state index is 0.285. The Bertz CT molecular complexity index is 902. The number of hydrogen-bond donors (Lipinski definition) is 0. The number of carbonyl (C=O) groups excluding carboxylic acids is 1. The maximum atomic E-state index is 11.9. The molecule has 0 aromatic heterocycles. The highest BCUT2D eigenvalue weighted by atomic mass is 16.5. The summed E-state index contributed by atoms with van der Waals surface area (Å²) in [6.07, 6.45) is 8.76. The van der Waals surface area contributed by atoms with Gasteiger partial charge in [0.1, 0.15) is 0 Å². The molecule has 0 radical (unpaired) electrons. The van der Waals surface area contributed by atoms with E-state index in [1.54, 1.807) is 0 Å². The minimum atomic E-state index is -0.285. The third kappa shape index (κ3) is 6.69. The number of hydrogen-bond acceptors (Lipinski definition) is 2. The van der Waals surface area contributed by atoms with Crippen LogP contribution in [0.25, 0.3) is 11.1 Å². The molecule has 0 fully saturated rings. The molecule has 0 bridgehead atoms. The second-order valence-corrected chi connectivity index (χ2v) is 8.35. The van der Waals surface area contributed by atoms with Crippen molar-refractivity contribution >= 4 is 17.1 Å². The molecule has 172 valence electrons. The molecule has 0 unspecified atom stereocenters. The van der Waals surface area contributed by atoms with Gasteiger partial charge in [0, 0.05) is 0 Å². The third-order valence-electron chi connectivity index (χ3n) is 5.87. The summed E-state index contributed by atoms with van der Waals surface area (Å²) >= 11 is 0. The van der Waals surface area contributed by atoms with Crippen molar-refractivity contribution in [3.8, 4) is 0 Å². The Morgan fingerprint density at radius 1 is 0.594 bits per heavy atom. The van der Waals surface area contributed by atoms with E-state index in [0.717, 1.165) is 51.4 Å². The number of esters is 1. The second-order valence-electron chi connectivity index (χ2n) is 8.35. The number of allylic oxidation sites excluding steroid dienone is 4. The van der Waals surface area contributed by atoms with E-state index in [1.807, 2.05) is 12.1 Å². The van der Waals surface area contributed by atoms with Gasteiger partial charge in [0.15, 0.2) is 0 Å². The summed E-state index contributed by atoms with van der Waals surface area (Å²) in [4.78, 5) is 11.9. The summed E-state index contributed by atoms with van der Waals surface area (Å²) in [6, 6.07) is 18.9. The summed E-state index contributed by atoms with van der Waals surface area (Å²) < 4.78 is 4.89. The van der Waals surface area contributed by atoms with Crippen LogP contribution in [0.2, 0.25) is 0 Å². The quantitative estimate of drug-likeness (QED) is 0.247. The zero-order valence-electron chi connectivity index (χ0n) is 20.7. The van der Waals surface area contributed by atoms with Gasteiger partial charge in [-0.3, -0.25) is 0 Å². The summed E-state index contributed by atoms with van der Waals surface area (Å²) in [5, 5.41) is 0. The molecule has 2 aromatic rings. The lowest BCUT2D eigenvalue weighted by Gasteiger charge is -2.23. The molecule has 0 heterocycles. The molecule has 2 rings (SSSR count). The fourth-order valence-electron chi connectivity index (χ4n) is 4.47. The maximum absolute atomic E-state index is 11.9. The highest BCUT2D eigenvalue weighted by molar-refractivity contribution is 5.90. The monoisotopic (exact) mass is 432 g/mol. The first-order valence-corrected chi connectivity index (χ1v) is 12.3. The predicted molar refractivity (Wildman–Crippen MR) is 138 cm³/mol. The summed E-state index contributed by atoms with van der Waals surface area (Å²) in [5.41, 5.74) is 9.14. The molecule has 0 amide bonds. The molecule has 0 N–H and O–H groups in total. The standard InChI is InChI=1S/C30H40O2/c1-6-13-26(23-17-11-10-12-18-23)28(15-8-3)29(16-9-4)27(14-7-2)24-19-21-25(22-20-24)30(31)32-5/h10-12,17-22H,6-9,13-16H2,1-5H3/b28-26-,29-27-. The van der Waals surface area contributed by atoms with Gasteiger partial charge in [-0.1, -0.05) is 95.8 Å². The Labute approximate surface area is 195 Å². The van der Waals surface area contributed by atoms with E-state index in [-0.39, 0.29) is 5.97 Å². The molecule has 2 aromatic carbocycles. The first kappa shape index (κ1) is 25.6. The zero-order chi connectivity index (χ0) is 23.3. The average molecular weight is 433 g/mol. The van der Waals surface area contributed by atoms with E-state index in [2.05, 4.69) is 70.2 Å². The molecule has 0 atom stereocenters. The Balaban J connectivity index is 2.76. The first-order valence-electron chi connectivity index (χ1n) is 12.3. The van der Waals surface area contributed by atoms with Gasteiger partial charge >= 0.3 is 5.97 Å². The molecule has 0 spiro atoms. The Morgan fingerprint density at radius 2 is 1.00 bits per heavy atom. The Kier molecular flexibility index (Phi) is 11.0. The first-order chi connectivity index (χ1) is 15.6. The van der Waals surface area contributed by atoms with Crippen molar-refractivity contribution in [2.45, 2.75) is 79.1 Å². The minimum Gasteiger partial charge on any atom is -0.465 e. The van der Waals surface area contributed by atoms with Crippen LogP contribution in [0.3, 0.4) is 0 Å². The molecule has 0 saturated carbocycles. The number of carbonyl (C=O) groups is 1. The molecule has 0 aliphatic carbocycles. The lowest BCUT2D eigenvalue weighted by molar-refractivity contribution is 0.0600. The molecule has 0 saturated heterocycles. The zero-order valence-corrected chi connectivity index (χ0v) is 20.7. The lowest BCUT2D eigenvalue weighted by Crippen LogP contribution is -2.03. The van der Waals surface area contributed by atoms with E-state index in [1.165, 1.54) is 40.5 Å². The average Bonchev–Trinajstić information content (AvgIpc) is 2.84. The molecule has 2 heteroatoms. The fraction of sp³-hybridized carbons (Fsp3) is 0.433. The van der Waals surface area contributed by atoms with Crippen LogP contribution in [-0.2, 0) is 4.74 Å². The molecule has 32 heavy (non-hydrogen) atoms. The van der Waals surface area contributed by atoms with Crippen LogP contribution in [0.5, 0.6) is 0 Å². The van der Waals surface area contributed by atoms with E-state index < -0.39 is 0 Å². The van der Waals surface area contributed by atoms with Crippen molar-refractivity contribution in [2.75, 3.05) is 7.11 Å². The predicted octanol–water partition coefficient (Wildman–Crippen LogP) is 8.88. The van der Waals surface area contributed by atoms with Crippen LogP contribution in [-0.4, -0.2) is 13.1 Å². The van der Waals surface area contributed by atoms with Crippen LogP contribution >= 0.6 is 0 Å². The van der Waals surface area contributed by atoms with Gasteiger partial charge < -0.3 is 4.74 Å². The fourth-order valence-corrected chi connectivity index (χ4v) is 4.47. The van der Waals surface area contributed by atoms with Crippen molar-refractivity contribution in [3.05, 3.63) is 82.4 Å². The van der Waals surface area contributed by atoms with Crippen LogP contribution < -0.4 is 0 Å². The van der Waals surface area contributed by atoms with Crippen LogP contribution in [0.15, 0.2) is 65.7 Å². The van der Waals surface area contributed by atoms with Crippen LogP contribution in [0, 0.1) is 0 Å². The second kappa shape index (κ2) is 13.7. The SMILES string of the molecule is CCCC(/C(CCC)=C(/CCC)c1ccc(C(=O)OC)cc1)=C(\CCC)c1ccccc1. The van der Waals surface area contributed by atoms with Crippen LogP contribution in [0.4, 0.5) is 0 Å². The molecule has 0 aliphatic heterocycles. The number of methoxy groups -OCH3 is 1. The van der Waals surface area contributed by atoms with E-state index in [4.69, 9.17) is 4.74 Å². The van der Waals surface area contributed by atoms with Gasteiger partial charge in [-0.15, -0.1) is 0 Å².